The highest BCUT2D eigenvalue weighted by molar-refractivity contribution is 5.99. The van der Waals surface area contributed by atoms with Crippen LogP contribution < -0.4 is 4.74 Å². The highest BCUT2D eigenvalue weighted by atomic mass is 16.5. The Balaban J connectivity index is 1.40. The van der Waals surface area contributed by atoms with Crippen molar-refractivity contribution >= 4 is 17.7 Å². The van der Waals surface area contributed by atoms with Crippen molar-refractivity contribution in [1.29, 1.82) is 0 Å². The van der Waals surface area contributed by atoms with Crippen LogP contribution in [0.15, 0.2) is 48.5 Å². The maximum atomic E-state index is 14.0. The van der Waals surface area contributed by atoms with Crippen LogP contribution in [0.4, 0.5) is 0 Å². The van der Waals surface area contributed by atoms with Crippen molar-refractivity contribution in [2.75, 3.05) is 39.9 Å². The van der Waals surface area contributed by atoms with Gasteiger partial charge >= 0.3 is 0 Å². The maximum absolute atomic E-state index is 14.0. The lowest BCUT2D eigenvalue weighted by Crippen LogP contribution is -2.60. The zero-order chi connectivity index (χ0) is 25.3. The monoisotopic (exact) mass is 491 g/mol. The SMILES string of the molecule is COc1cccc(C(=O)N2CCC3(CC2)OCC(C(=O)N2CCCC2)N3C(=O)c2ccccc2C)c1. The lowest BCUT2D eigenvalue weighted by atomic mass is 9.95. The molecular weight excluding hydrogens is 458 g/mol. The van der Waals surface area contributed by atoms with E-state index in [9.17, 15) is 14.4 Å². The number of benzene rings is 2. The molecule has 1 atom stereocenters. The molecule has 3 aliphatic rings. The number of ether oxygens (including phenoxy) is 2. The van der Waals surface area contributed by atoms with E-state index < -0.39 is 11.8 Å². The molecule has 3 saturated heterocycles. The van der Waals surface area contributed by atoms with Gasteiger partial charge in [0.05, 0.1) is 13.7 Å². The molecule has 1 unspecified atom stereocenters. The summed E-state index contributed by atoms with van der Waals surface area (Å²) in [6, 6.07) is 13.9. The number of likely N-dealkylation sites (tertiary alicyclic amines) is 2. The number of carbonyl (C=O) groups is 3. The van der Waals surface area contributed by atoms with Crippen LogP contribution in [0.3, 0.4) is 0 Å². The molecule has 0 saturated carbocycles. The summed E-state index contributed by atoms with van der Waals surface area (Å²) in [7, 11) is 1.57. The van der Waals surface area contributed by atoms with Crippen molar-refractivity contribution in [3.8, 4) is 5.75 Å². The van der Waals surface area contributed by atoms with Crippen LogP contribution in [0.25, 0.3) is 0 Å². The van der Waals surface area contributed by atoms with Crippen molar-refractivity contribution in [2.24, 2.45) is 0 Å². The van der Waals surface area contributed by atoms with E-state index in [1.807, 2.05) is 36.1 Å². The van der Waals surface area contributed by atoms with Crippen molar-refractivity contribution in [3.05, 3.63) is 65.2 Å². The Kier molecular flexibility index (Phi) is 6.71. The number of rotatable bonds is 4. The third-order valence-electron chi connectivity index (χ3n) is 7.71. The summed E-state index contributed by atoms with van der Waals surface area (Å²) in [4.78, 5) is 46.0. The fourth-order valence-electron chi connectivity index (χ4n) is 5.64. The van der Waals surface area contributed by atoms with Gasteiger partial charge in [-0.15, -0.1) is 0 Å². The van der Waals surface area contributed by atoms with E-state index in [4.69, 9.17) is 9.47 Å². The minimum atomic E-state index is -0.912. The molecule has 3 heterocycles. The molecule has 5 rings (SSSR count). The van der Waals surface area contributed by atoms with Crippen molar-refractivity contribution in [3.63, 3.8) is 0 Å². The van der Waals surface area contributed by atoms with Gasteiger partial charge < -0.3 is 19.3 Å². The molecule has 3 fully saturated rings. The second-order valence-corrected chi connectivity index (χ2v) is 9.82. The summed E-state index contributed by atoms with van der Waals surface area (Å²) in [5, 5.41) is 0. The Morgan fingerprint density at radius 2 is 1.64 bits per heavy atom. The summed E-state index contributed by atoms with van der Waals surface area (Å²) < 4.78 is 11.6. The first-order valence-electron chi connectivity index (χ1n) is 12.7. The Hall–Kier alpha value is -3.39. The first kappa shape index (κ1) is 24.3. The summed E-state index contributed by atoms with van der Waals surface area (Å²) in [5.41, 5.74) is 1.09. The van der Waals surface area contributed by atoms with E-state index in [0.717, 1.165) is 31.5 Å². The molecule has 8 heteroatoms. The average molecular weight is 492 g/mol. The van der Waals surface area contributed by atoms with E-state index >= 15 is 0 Å². The molecule has 3 aliphatic heterocycles. The number of amides is 3. The molecule has 8 nitrogen and oxygen atoms in total. The number of methoxy groups -OCH3 is 1. The Labute approximate surface area is 211 Å². The lowest BCUT2D eigenvalue weighted by molar-refractivity contribution is -0.136. The normalized spacial score (nSPS) is 21.2. The Morgan fingerprint density at radius 3 is 2.33 bits per heavy atom. The highest BCUT2D eigenvalue weighted by Gasteiger charge is 2.55. The van der Waals surface area contributed by atoms with Gasteiger partial charge in [0.1, 0.15) is 17.5 Å². The Bertz CT molecular complexity index is 1150. The van der Waals surface area contributed by atoms with E-state index in [2.05, 4.69) is 0 Å². The van der Waals surface area contributed by atoms with Gasteiger partial charge in [0.15, 0.2) is 0 Å². The molecule has 0 bridgehead atoms. The predicted octanol–water partition coefficient (Wildman–Crippen LogP) is 3.10. The molecule has 2 aromatic rings. The van der Waals surface area contributed by atoms with Gasteiger partial charge in [-0.3, -0.25) is 19.3 Å². The average Bonchev–Trinajstić information content (AvgIpc) is 3.57. The molecule has 0 N–H and O–H groups in total. The number of carbonyl (C=O) groups excluding carboxylic acids is 3. The molecule has 0 radical (unpaired) electrons. The van der Waals surface area contributed by atoms with Crippen molar-refractivity contribution in [1.82, 2.24) is 14.7 Å². The summed E-state index contributed by atoms with van der Waals surface area (Å²) >= 11 is 0. The minimum Gasteiger partial charge on any atom is -0.497 e. The van der Waals surface area contributed by atoms with E-state index in [1.165, 1.54) is 0 Å². The summed E-state index contributed by atoms with van der Waals surface area (Å²) in [6.07, 6.45) is 2.86. The quantitative estimate of drug-likeness (QED) is 0.657. The standard InChI is InChI=1S/C28H33N3O5/c1-20-8-3-4-11-23(20)26(33)31-24(27(34)29-14-5-6-15-29)19-36-28(31)12-16-30(17-13-28)25(32)21-9-7-10-22(18-21)35-2/h3-4,7-11,18,24H,5-6,12-17,19H2,1-2H3. The van der Waals surface area contributed by atoms with Gasteiger partial charge in [0.25, 0.3) is 11.8 Å². The van der Waals surface area contributed by atoms with Crippen LogP contribution in [-0.4, -0.2) is 84.1 Å². The van der Waals surface area contributed by atoms with Gasteiger partial charge in [-0.25, -0.2) is 0 Å². The van der Waals surface area contributed by atoms with Crippen molar-refractivity contribution < 1.29 is 23.9 Å². The summed E-state index contributed by atoms with van der Waals surface area (Å²) in [6.45, 7) is 4.38. The molecule has 36 heavy (non-hydrogen) atoms. The van der Waals surface area contributed by atoms with Gasteiger partial charge in [0, 0.05) is 50.1 Å². The van der Waals surface area contributed by atoms with Gasteiger partial charge in [-0.2, -0.15) is 0 Å². The lowest BCUT2D eigenvalue weighted by Gasteiger charge is -2.45. The van der Waals surface area contributed by atoms with Crippen LogP contribution in [0.2, 0.25) is 0 Å². The second-order valence-electron chi connectivity index (χ2n) is 9.82. The number of hydrogen-bond acceptors (Lipinski definition) is 5. The maximum Gasteiger partial charge on any atom is 0.257 e. The molecule has 0 aromatic heterocycles. The smallest absolute Gasteiger partial charge is 0.257 e. The number of aryl methyl sites for hydroxylation is 1. The van der Waals surface area contributed by atoms with E-state index in [1.54, 1.807) is 41.2 Å². The molecule has 190 valence electrons. The second kappa shape index (κ2) is 9.93. The van der Waals surface area contributed by atoms with Gasteiger partial charge in [-0.05, 0) is 49.6 Å². The van der Waals surface area contributed by atoms with Crippen LogP contribution >= 0.6 is 0 Å². The first-order chi connectivity index (χ1) is 17.4. The minimum absolute atomic E-state index is 0.0406. The van der Waals surface area contributed by atoms with Crippen LogP contribution in [0, 0.1) is 6.92 Å². The van der Waals surface area contributed by atoms with Crippen molar-refractivity contribution in [2.45, 2.75) is 44.4 Å². The van der Waals surface area contributed by atoms with Gasteiger partial charge in [0.2, 0.25) is 5.91 Å². The largest absolute Gasteiger partial charge is 0.497 e. The van der Waals surface area contributed by atoms with E-state index in [0.29, 0.717) is 42.8 Å². The number of nitrogens with zero attached hydrogens (tertiary/aromatic N) is 3. The third-order valence-corrected chi connectivity index (χ3v) is 7.71. The fraction of sp³-hybridized carbons (Fsp3) is 0.464. The third kappa shape index (κ3) is 4.34. The van der Waals surface area contributed by atoms with E-state index in [-0.39, 0.29) is 24.3 Å². The molecule has 1 spiro atoms. The molecule has 2 aromatic carbocycles. The number of piperidine rings is 1. The molecule has 3 amide bonds. The first-order valence-corrected chi connectivity index (χ1v) is 12.7. The highest BCUT2D eigenvalue weighted by Crippen LogP contribution is 2.40. The van der Waals surface area contributed by atoms with Crippen LogP contribution in [-0.2, 0) is 9.53 Å². The van der Waals surface area contributed by atoms with Crippen LogP contribution in [0.1, 0.15) is 52.0 Å². The molecular formula is C28H33N3O5. The predicted molar refractivity (Wildman–Crippen MR) is 134 cm³/mol. The summed E-state index contributed by atoms with van der Waals surface area (Å²) in [5.74, 6) is 0.326. The molecule has 0 aliphatic carbocycles. The zero-order valence-corrected chi connectivity index (χ0v) is 20.9. The Morgan fingerprint density at radius 1 is 0.917 bits per heavy atom. The fourth-order valence-corrected chi connectivity index (χ4v) is 5.64. The van der Waals surface area contributed by atoms with Crippen LogP contribution in [0.5, 0.6) is 5.75 Å². The number of hydrogen-bond donors (Lipinski definition) is 0. The zero-order valence-electron chi connectivity index (χ0n) is 20.9. The van der Waals surface area contributed by atoms with Gasteiger partial charge in [-0.1, -0.05) is 24.3 Å². The topological polar surface area (TPSA) is 79.4 Å².